The summed E-state index contributed by atoms with van der Waals surface area (Å²) < 4.78 is 2.44. The SMILES string of the molecule is Cc1ccsc1C(=O)N1CCCC(c2nc3c([nH]2)c(=O)n(C)c(=O)n3C)C1. The largest absolute Gasteiger partial charge is 0.337 e. The molecule has 0 radical (unpaired) electrons. The molecule has 0 bridgehead atoms. The summed E-state index contributed by atoms with van der Waals surface area (Å²) in [5, 5.41) is 1.93. The highest BCUT2D eigenvalue weighted by Gasteiger charge is 2.29. The van der Waals surface area contributed by atoms with E-state index in [4.69, 9.17) is 0 Å². The Balaban J connectivity index is 1.68. The monoisotopic (exact) mass is 387 g/mol. The molecule has 27 heavy (non-hydrogen) atoms. The third-order valence-corrected chi connectivity index (χ3v) is 6.27. The van der Waals surface area contributed by atoms with Gasteiger partial charge in [-0.15, -0.1) is 11.3 Å². The van der Waals surface area contributed by atoms with Crippen LogP contribution in [0.4, 0.5) is 0 Å². The van der Waals surface area contributed by atoms with E-state index < -0.39 is 5.69 Å². The number of H-pyrrole nitrogens is 1. The predicted molar refractivity (Wildman–Crippen MR) is 104 cm³/mol. The molecule has 1 aliphatic rings. The van der Waals surface area contributed by atoms with Gasteiger partial charge in [-0.05, 0) is 36.8 Å². The van der Waals surface area contributed by atoms with Gasteiger partial charge in [-0.2, -0.15) is 0 Å². The third kappa shape index (κ3) is 2.82. The highest BCUT2D eigenvalue weighted by Crippen LogP contribution is 2.28. The van der Waals surface area contributed by atoms with Crippen molar-refractivity contribution in [3.8, 4) is 0 Å². The van der Waals surface area contributed by atoms with Gasteiger partial charge in [0, 0.05) is 33.1 Å². The Morgan fingerprint density at radius 1 is 1.30 bits per heavy atom. The van der Waals surface area contributed by atoms with Crippen molar-refractivity contribution < 1.29 is 4.79 Å². The maximum absolute atomic E-state index is 12.8. The van der Waals surface area contributed by atoms with Crippen molar-refractivity contribution in [1.82, 2.24) is 24.0 Å². The summed E-state index contributed by atoms with van der Waals surface area (Å²) in [6.45, 7) is 3.21. The predicted octanol–water partition coefficient (Wildman–Crippen LogP) is 1.35. The molecule has 142 valence electrons. The Kier molecular flexibility index (Phi) is 4.26. The van der Waals surface area contributed by atoms with Crippen molar-refractivity contribution in [2.24, 2.45) is 14.1 Å². The van der Waals surface area contributed by atoms with Gasteiger partial charge in [0.2, 0.25) is 0 Å². The van der Waals surface area contributed by atoms with Crippen molar-refractivity contribution >= 4 is 28.4 Å². The molecule has 3 aromatic rings. The number of likely N-dealkylation sites (tertiary alicyclic amines) is 1. The van der Waals surface area contributed by atoms with Crippen LogP contribution in [0.3, 0.4) is 0 Å². The van der Waals surface area contributed by atoms with E-state index in [0.29, 0.717) is 30.1 Å². The lowest BCUT2D eigenvalue weighted by Gasteiger charge is -2.31. The van der Waals surface area contributed by atoms with E-state index in [1.165, 1.54) is 23.0 Å². The first kappa shape index (κ1) is 17.7. The molecule has 0 aromatic carbocycles. The zero-order valence-corrected chi connectivity index (χ0v) is 16.3. The second-order valence-electron chi connectivity index (χ2n) is 7.05. The summed E-state index contributed by atoms with van der Waals surface area (Å²) in [7, 11) is 3.06. The summed E-state index contributed by atoms with van der Waals surface area (Å²) >= 11 is 1.46. The second kappa shape index (κ2) is 6.49. The first-order valence-electron chi connectivity index (χ1n) is 8.87. The van der Waals surface area contributed by atoms with Gasteiger partial charge >= 0.3 is 5.69 Å². The van der Waals surface area contributed by atoms with Crippen LogP contribution in [0.2, 0.25) is 0 Å². The van der Waals surface area contributed by atoms with Crippen molar-refractivity contribution in [3.05, 3.63) is 48.5 Å². The van der Waals surface area contributed by atoms with Gasteiger partial charge in [-0.25, -0.2) is 9.78 Å². The summed E-state index contributed by atoms with van der Waals surface area (Å²) in [6.07, 6.45) is 1.75. The second-order valence-corrected chi connectivity index (χ2v) is 7.97. The first-order chi connectivity index (χ1) is 12.9. The number of nitrogens with one attached hydrogen (secondary N) is 1. The quantitative estimate of drug-likeness (QED) is 0.718. The number of hydrogen-bond donors (Lipinski definition) is 1. The smallest absolute Gasteiger partial charge is 0.332 e. The number of rotatable bonds is 2. The zero-order valence-electron chi connectivity index (χ0n) is 15.5. The number of fused-ring (bicyclic) bond motifs is 1. The highest BCUT2D eigenvalue weighted by atomic mass is 32.1. The van der Waals surface area contributed by atoms with Crippen molar-refractivity contribution in [2.75, 3.05) is 13.1 Å². The van der Waals surface area contributed by atoms with Gasteiger partial charge < -0.3 is 9.88 Å². The number of aryl methyl sites for hydroxylation is 2. The van der Waals surface area contributed by atoms with Crippen LogP contribution in [-0.2, 0) is 14.1 Å². The Morgan fingerprint density at radius 2 is 2.07 bits per heavy atom. The van der Waals surface area contributed by atoms with Gasteiger partial charge in [-0.1, -0.05) is 0 Å². The number of carbonyl (C=O) groups excluding carboxylic acids is 1. The molecular formula is C18H21N5O3S. The summed E-state index contributed by atoms with van der Waals surface area (Å²) in [4.78, 5) is 47.6. The molecule has 1 fully saturated rings. The number of carbonyl (C=O) groups is 1. The van der Waals surface area contributed by atoms with Crippen LogP contribution >= 0.6 is 11.3 Å². The van der Waals surface area contributed by atoms with Crippen LogP contribution in [0.25, 0.3) is 11.2 Å². The maximum Gasteiger partial charge on any atom is 0.332 e. The fourth-order valence-corrected chi connectivity index (χ4v) is 4.55. The average molecular weight is 387 g/mol. The molecule has 1 amide bonds. The molecule has 1 saturated heterocycles. The standard InChI is InChI=1S/C18H21N5O3S/c1-10-6-8-27-13(10)17(25)23-7-4-5-11(9-23)14-19-12-15(20-14)21(2)18(26)22(3)16(12)24/h6,8,11H,4-5,7,9H2,1-3H3,(H,19,20). The van der Waals surface area contributed by atoms with Crippen LogP contribution in [0.1, 0.15) is 39.8 Å². The molecule has 9 heteroatoms. The highest BCUT2D eigenvalue weighted by molar-refractivity contribution is 7.12. The lowest BCUT2D eigenvalue weighted by Crippen LogP contribution is -2.39. The number of amides is 1. The van der Waals surface area contributed by atoms with Crippen molar-refractivity contribution in [3.63, 3.8) is 0 Å². The first-order valence-corrected chi connectivity index (χ1v) is 9.75. The molecule has 1 unspecified atom stereocenters. The minimum atomic E-state index is -0.404. The van der Waals surface area contributed by atoms with Crippen LogP contribution in [0, 0.1) is 6.92 Å². The fraction of sp³-hybridized carbons (Fsp3) is 0.444. The van der Waals surface area contributed by atoms with E-state index in [1.54, 1.807) is 7.05 Å². The normalized spacial score (nSPS) is 17.6. The molecule has 3 aromatic heterocycles. The number of imidazole rings is 1. The topological polar surface area (TPSA) is 93.0 Å². The summed E-state index contributed by atoms with van der Waals surface area (Å²) in [5.41, 5.74) is 0.890. The summed E-state index contributed by atoms with van der Waals surface area (Å²) in [5.74, 6) is 0.713. The third-order valence-electron chi connectivity index (χ3n) is 5.26. The minimum absolute atomic E-state index is 0.00942. The Hall–Kier alpha value is -2.68. The molecule has 0 spiro atoms. The number of thiophene rings is 1. The number of piperidine rings is 1. The van der Waals surface area contributed by atoms with Gasteiger partial charge in [-0.3, -0.25) is 18.7 Å². The summed E-state index contributed by atoms with van der Waals surface area (Å²) in [6, 6.07) is 1.95. The Labute approximate surface area is 159 Å². The van der Waals surface area contributed by atoms with Gasteiger partial charge in [0.25, 0.3) is 11.5 Å². The molecule has 4 heterocycles. The molecule has 1 aliphatic heterocycles. The lowest BCUT2D eigenvalue weighted by molar-refractivity contribution is 0.0709. The number of aromatic nitrogens is 4. The van der Waals surface area contributed by atoms with E-state index in [9.17, 15) is 14.4 Å². The Bertz CT molecular complexity index is 1150. The van der Waals surface area contributed by atoms with E-state index >= 15 is 0 Å². The van der Waals surface area contributed by atoms with E-state index in [0.717, 1.165) is 27.8 Å². The zero-order chi connectivity index (χ0) is 19.3. The average Bonchev–Trinajstić information content (AvgIpc) is 3.31. The minimum Gasteiger partial charge on any atom is -0.337 e. The van der Waals surface area contributed by atoms with E-state index in [1.807, 2.05) is 23.3 Å². The molecule has 8 nitrogen and oxygen atoms in total. The van der Waals surface area contributed by atoms with Gasteiger partial charge in [0.05, 0.1) is 4.88 Å². The van der Waals surface area contributed by atoms with Crippen molar-refractivity contribution in [1.29, 1.82) is 0 Å². The van der Waals surface area contributed by atoms with Crippen LogP contribution < -0.4 is 11.2 Å². The molecule has 4 rings (SSSR count). The number of hydrogen-bond acceptors (Lipinski definition) is 5. The number of aromatic amines is 1. The number of nitrogens with zero attached hydrogens (tertiary/aromatic N) is 4. The fourth-order valence-electron chi connectivity index (χ4n) is 3.66. The van der Waals surface area contributed by atoms with Crippen LogP contribution in [-0.4, -0.2) is 43.0 Å². The van der Waals surface area contributed by atoms with E-state index in [2.05, 4.69) is 9.97 Å². The molecule has 0 aliphatic carbocycles. The van der Waals surface area contributed by atoms with E-state index in [-0.39, 0.29) is 17.4 Å². The maximum atomic E-state index is 12.8. The van der Waals surface area contributed by atoms with Gasteiger partial charge in [0.15, 0.2) is 5.65 Å². The van der Waals surface area contributed by atoms with Crippen LogP contribution in [0.5, 0.6) is 0 Å². The van der Waals surface area contributed by atoms with Crippen LogP contribution in [0.15, 0.2) is 21.0 Å². The Morgan fingerprint density at radius 3 is 2.78 bits per heavy atom. The molecule has 1 N–H and O–H groups in total. The molecular weight excluding hydrogens is 366 g/mol. The van der Waals surface area contributed by atoms with Gasteiger partial charge in [0.1, 0.15) is 11.3 Å². The lowest BCUT2D eigenvalue weighted by atomic mass is 9.97. The molecule has 1 atom stereocenters. The molecule has 0 saturated carbocycles. The van der Waals surface area contributed by atoms with Crippen molar-refractivity contribution in [2.45, 2.75) is 25.7 Å².